The summed E-state index contributed by atoms with van der Waals surface area (Å²) in [6, 6.07) is -0.624. The van der Waals surface area contributed by atoms with E-state index in [2.05, 4.69) is 56.4 Å². The summed E-state index contributed by atoms with van der Waals surface area (Å²) in [6.45, 7) is 4.53. The van der Waals surface area contributed by atoms with Crippen molar-refractivity contribution in [1.29, 1.82) is 0 Å². The second kappa shape index (κ2) is 34.4. The third-order valence-corrected chi connectivity index (χ3v) is 8.73. The molecule has 8 heteroatoms. The van der Waals surface area contributed by atoms with E-state index in [1.165, 1.54) is 64.2 Å². The van der Waals surface area contributed by atoms with E-state index < -0.39 is 18.1 Å². The molecule has 0 amide bonds. The Hall–Kier alpha value is -2.71. The van der Waals surface area contributed by atoms with Gasteiger partial charge in [0.15, 0.2) is 12.1 Å². The Balaban J connectivity index is 4.48. The number of hydrogen-bond donors (Lipinski definition) is 1. The number of nitrogens with zero attached hydrogens (tertiary/aromatic N) is 1. The second-order valence-electron chi connectivity index (χ2n) is 14.5. The minimum Gasteiger partial charge on any atom is -0.477 e. The van der Waals surface area contributed by atoms with Crippen LogP contribution in [0.2, 0.25) is 0 Å². The Kier molecular flexibility index (Phi) is 32.6. The highest BCUT2D eigenvalue weighted by Gasteiger charge is 2.31. The second-order valence-corrected chi connectivity index (χ2v) is 14.5. The van der Waals surface area contributed by atoms with Gasteiger partial charge < -0.3 is 23.8 Å². The highest BCUT2D eigenvalue weighted by Crippen LogP contribution is 2.13. The highest BCUT2D eigenvalue weighted by molar-refractivity contribution is 5.72. The van der Waals surface area contributed by atoms with Gasteiger partial charge in [0.25, 0.3) is 0 Å². The van der Waals surface area contributed by atoms with Crippen molar-refractivity contribution in [3.05, 3.63) is 48.6 Å². The van der Waals surface area contributed by atoms with E-state index in [1.807, 2.05) is 27.2 Å². The van der Waals surface area contributed by atoms with Crippen molar-refractivity contribution in [3.8, 4) is 0 Å². The van der Waals surface area contributed by atoms with E-state index in [9.17, 15) is 19.5 Å². The average Bonchev–Trinajstić information content (AvgIpc) is 3.08. The van der Waals surface area contributed by atoms with E-state index in [1.54, 1.807) is 0 Å². The molecular weight excluding hydrogens is 642 g/mol. The number of likely N-dealkylation sites (N-methyl/N-ethyl adjacent to an activating group) is 1. The van der Waals surface area contributed by atoms with Gasteiger partial charge in [-0.25, -0.2) is 4.79 Å². The number of carboxylic acid groups (broad SMARTS) is 1. The fraction of sp³-hybridized carbons (Fsp3) is 0.744. The Bertz CT molecular complexity index is 979. The smallest absolute Gasteiger partial charge is 0.362 e. The van der Waals surface area contributed by atoms with Gasteiger partial charge in [0.05, 0.1) is 34.4 Å². The van der Waals surface area contributed by atoms with Gasteiger partial charge in [-0.3, -0.25) is 9.59 Å². The Labute approximate surface area is 312 Å². The number of quaternary nitrogens is 1. The average molecular weight is 719 g/mol. The standard InChI is InChI=1S/C43H75NO7/c1-6-8-10-12-14-16-18-20-22-23-25-27-29-31-33-41(45)50-38-39(37-49-36-35-40(43(47)48)44(3,4)5)51-42(46)34-32-30-28-26-24-21-19-17-15-13-11-9-7-2/h8,10,14,16,21,24,28,30,39-40H,6-7,9,11-13,15,17-20,22-23,25-27,29,31-38H2,1-5H3/p+1/b10-8+,16-14+,24-21+,30-28+. The van der Waals surface area contributed by atoms with Crippen molar-refractivity contribution >= 4 is 17.9 Å². The van der Waals surface area contributed by atoms with Crippen molar-refractivity contribution in [2.75, 3.05) is 41.0 Å². The van der Waals surface area contributed by atoms with Gasteiger partial charge in [-0.05, 0) is 57.8 Å². The molecule has 0 saturated carbocycles. The number of ether oxygens (including phenoxy) is 3. The maximum atomic E-state index is 12.6. The van der Waals surface area contributed by atoms with Crippen LogP contribution in [-0.4, -0.2) is 80.6 Å². The van der Waals surface area contributed by atoms with Crippen LogP contribution in [0.25, 0.3) is 0 Å². The van der Waals surface area contributed by atoms with E-state index in [0.717, 1.165) is 51.4 Å². The van der Waals surface area contributed by atoms with Crippen molar-refractivity contribution in [2.45, 2.75) is 167 Å². The van der Waals surface area contributed by atoms with Crippen molar-refractivity contribution < 1.29 is 38.2 Å². The lowest BCUT2D eigenvalue weighted by atomic mass is 10.1. The van der Waals surface area contributed by atoms with Crippen molar-refractivity contribution in [1.82, 2.24) is 0 Å². The monoisotopic (exact) mass is 719 g/mol. The first-order valence-corrected chi connectivity index (χ1v) is 20.2. The molecule has 8 nitrogen and oxygen atoms in total. The number of hydrogen-bond acceptors (Lipinski definition) is 6. The maximum absolute atomic E-state index is 12.6. The van der Waals surface area contributed by atoms with E-state index >= 15 is 0 Å². The summed E-state index contributed by atoms with van der Waals surface area (Å²) in [5.74, 6) is -1.57. The van der Waals surface area contributed by atoms with Crippen LogP contribution in [0.1, 0.15) is 155 Å². The molecule has 2 atom stereocenters. The number of allylic oxidation sites excluding steroid dienone is 8. The van der Waals surface area contributed by atoms with E-state index in [4.69, 9.17) is 14.2 Å². The van der Waals surface area contributed by atoms with Gasteiger partial charge in [-0.1, -0.05) is 127 Å². The minimum atomic E-state index is -0.886. The first-order chi connectivity index (χ1) is 24.6. The molecule has 2 unspecified atom stereocenters. The first-order valence-electron chi connectivity index (χ1n) is 20.2. The predicted octanol–water partition coefficient (Wildman–Crippen LogP) is 10.5. The molecule has 0 heterocycles. The zero-order chi connectivity index (χ0) is 37.8. The highest BCUT2D eigenvalue weighted by atomic mass is 16.6. The quantitative estimate of drug-likeness (QED) is 0.0301. The Morgan fingerprint density at radius 2 is 1.14 bits per heavy atom. The van der Waals surface area contributed by atoms with Gasteiger partial charge in [0.1, 0.15) is 6.61 Å². The number of unbranched alkanes of at least 4 members (excludes halogenated alkanes) is 13. The molecule has 0 aromatic rings. The first kappa shape index (κ1) is 48.3. The molecule has 0 aliphatic rings. The van der Waals surface area contributed by atoms with Crippen LogP contribution >= 0.6 is 0 Å². The molecule has 0 aliphatic carbocycles. The van der Waals surface area contributed by atoms with Gasteiger partial charge in [-0.2, -0.15) is 0 Å². The van der Waals surface area contributed by atoms with Crippen LogP contribution in [0.15, 0.2) is 48.6 Å². The third kappa shape index (κ3) is 32.9. The molecule has 0 saturated heterocycles. The number of rotatable bonds is 35. The van der Waals surface area contributed by atoms with Crippen LogP contribution < -0.4 is 0 Å². The molecule has 0 spiro atoms. The van der Waals surface area contributed by atoms with Crippen LogP contribution in [0.3, 0.4) is 0 Å². The minimum absolute atomic E-state index is 0.0352. The Morgan fingerprint density at radius 3 is 1.69 bits per heavy atom. The van der Waals surface area contributed by atoms with Crippen molar-refractivity contribution in [3.63, 3.8) is 0 Å². The topological polar surface area (TPSA) is 99.1 Å². The summed E-state index contributed by atoms with van der Waals surface area (Å²) in [6.07, 6.45) is 38.8. The largest absolute Gasteiger partial charge is 0.477 e. The van der Waals surface area contributed by atoms with Gasteiger partial charge >= 0.3 is 17.9 Å². The lowest BCUT2D eigenvalue weighted by molar-refractivity contribution is -0.887. The van der Waals surface area contributed by atoms with E-state index in [0.29, 0.717) is 19.3 Å². The summed E-state index contributed by atoms with van der Waals surface area (Å²) in [4.78, 5) is 36.8. The zero-order valence-electron chi connectivity index (χ0n) is 33.3. The molecule has 0 radical (unpaired) electrons. The lowest BCUT2D eigenvalue weighted by Crippen LogP contribution is -2.50. The van der Waals surface area contributed by atoms with Crippen LogP contribution in [0, 0.1) is 0 Å². The summed E-state index contributed by atoms with van der Waals surface area (Å²) >= 11 is 0. The van der Waals surface area contributed by atoms with E-state index in [-0.39, 0.29) is 42.7 Å². The number of carboxylic acids is 1. The van der Waals surface area contributed by atoms with Crippen molar-refractivity contribution in [2.24, 2.45) is 0 Å². The van der Waals surface area contributed by atoms with Crippen LogP contribution in [0.4, 0.5) is 0 Å². The number of carbonyl (C=O) groups is 3. The van der Waals surface area contributed by atoms with Gasteiger partial charge in [-0.15, -0.1) is 0 Å². The van der Waals surface area contributed by atoms with Crippen LogP contribution in [-0.2, 0) is 28.6 Å². The number of aliphatic carboxylic acids is 1. The fourth-order valence-corrected chi connectivity index (χ4v) is 5.59. The molecule has 0 aliphatic heterocycles. The molecular formula is C43H76NO7+. The molecule has 0 bridgehead atoms. The van der Waals surface area contributed by atoms with Crippen LogP contribution in [0.5, 0.6) is 0 Å². The maximum Gasteiger partial charge on any atom is 0.362 e. The summed E-state index contributed by atoms with van der Waals surface area (Å²) in [5, 5.41) is 9.59. The molecule has 0 rings (SSSR count). The SMILES string of the molecule is CC/C=C/C/C=C/CCCCCCCCCC(=O)OCC(COCCC(C(=O)O)[N+](C)(C)C)OC(=O)CC/C=C/C/C=C/CCCCCCCC. The summed E-state index contributed by atoms with van der Waals surface area (Å²) in [5.41, 5.74) is 0. The molecule has 294 valence electrons. The molecule has 0 aromatic heterocycles. The van der Waals surface area contributed by atoms with Gasteiger partial charge in [0.2, 0.25) is 0 Å². The fourth-order valence-electron chi connectivity index (χ4n) is 5.59. The molecule has 0 fully saturated rings. The molecule has 51 heavy (non-hydrogen) atoms. The third-order valence-electron chi connectivity index (χ3n) is 8.73. The Morgan fingerprint density at radius 1 is 0.608 bits per heavy atom. The molecule has 0 aromatic carbocycles. The summed E-state index contributed by atoms with van der Waals surface area (Å²) < 4.78 is 17.1. The number of carbonyl (C=O) groups excluding carboxylic acids is 2. The number of esters is 2. The predicted molar refractivity (Wildman–Crippen MR) is 211 cm³/mol. The lowest BCUT2D eigenvalue weighted by Gasteiger charge is -2.31. The van der Waals surface area contributed by atoms with Gasteiger partial charge in [0, 0.05) is 19.3 Å². The normalized spacial score (nSPS) is 13.5. The zero-order valence-corrected chi connectivity index (χ0v) is 33.3. The summed E-state index contributed by atoms with van der Waals surface area (Å²) in [7, 11) is 5.49. The molecule has 1 N–H and O–H groups in total.